The van der Waals surface area contributed by atoms with Crippen molar-refractivity contribution in [3.8, 4) is 5.75 Å². The van der Waals surface area contributed by atoms with E-state index < -0.39 is 11.7 Å². The van der Waals surface area contributed by atoms with E-state index in [2.05, 4.69) is 9.97 Å². The monoisotopic (exact) mass is 355 g/mol. The van der Waals surface area contributed by atoms with Crippen molar-refractivity contribution in [1.29, 1.82) is 0 Å². The number of carbonyl (C=O) groups excluding carboxylic acids is 1. The Morgan fingerprint density at radius 3 is 2.92 bits per heavy atom. The zero-order valence-corrected chi connectivity index (χ0v) is 14.5. The Morgan fingerprint density at radius 1 is 1.35 bits per heavy atom. The van der Waals surface area contributed by atoms with Crippen LogP contribution >= 0.6 is 0 Å². The largest absolute Gasteiger partial charge is 0.497 e. The topological polar surface area (TPSA) is 84.8 Å². The summed E-state index contributed by atoms with van der Waals surface area (Å²) in [5, 5.41) is 10.6. The molecule has 7 heteroatoms. The molecule has 2 saturated heterocycles. The van der Waals surface area contributed by atoms with E-state index in [4.69, 9.17) is 9.47 Å². The van der Waals surface area contributed by atoms with E-state index in [1.54, 1.807) is 18.1 Å². The third-order valence-electron chi connectivity index (χ3n) is 5.23. The lowest BCUT2D eigenvalue weighted by molar-refractivity contribution is -0.0591. The summed E-state index contributed by atoms with van der Waals surface area (Å²) < 4.78 is 11.3. The first-order valence-electron chi connectivity index (χ1n) is 8.63. The first-order valence-corrected chi connectivity index (χ1v) is 8.63. The summed E-state index contributed by atoms with van der Waals surface area (Å²) in [5.74, 6) is 0.810. The van der Waals surface area contributed by atoms with Crippen LogP contribution in [0.25, 0.3) is 0 Å². The van der Waals surface area contributed by atoms with Crippen LogP contribution in [-0.2, 0) is 4.74 Å². The van der Waals surface area contributed by atoms with Gasteiger partial charge in [0.25, 0.3) is 5.91 Å². The third-order valence-corrected chi connectivity index (χ3v) is 5.23. The molecule has 2 aliphatic rings. The maximum absolute atomic E-state index is 12.6. The molecule has 26 heavy (non-hydrogen) atoms. The number of hydrogen-bond acceptors (Lipinski definition) is 6. The quantitative estimate of drug-likeness (QED) is 0.892. The summed E-state index contributed by atoms with van der Waals surface area (Å²) in [5.41, 5.74) is 0.377. The molecule has 3 heterocycles. The van der Waals surface area contributed by atoms with Crippen molar-refractivity contribution in [3.05, 3.63) is 54.1 Å². The predicted octanol–water partition coefficient (Wildman–Crippen LogP) is 1.24. The van der Waals surface area contributed by atoms with Gasteiger partial charge in [0, 0.05) is 18.3 Å². The number of rotatable bonds is 3. The smallest absolute Gasteiger partial charge is 0.291 e. The Balaban J connectivity index is 1.50. The lowest BCUT2D eigenvalue weighted by Gasteiger charge is -2.25. The number of likely N-dealkylation sites (tertiary alicyclic amines) is 1. The molecule has 1 aromatic heterocycles. The number of hydrogen-bond donors (Lipinski definition) is 1. The molecule has 0 bridgehead atoms. The van der Waals surface area contributed by atoms with Gasteiger partial charge < -0.3 is 19.5 Å². The number of methoxy groups -OCH3 is 1. The summed E-state index contributed by atoms with van der Waals surface area (Å²) in [6.07, 6.45) is 2.99. The Hall–Kier alpha value is -2.51. The minimum atomic E-state index is -0.738. The molecule has 1 amide bonds. The number of β-amino-alcohol motifs (C(OH)–C–C–N with tert-alkyl or cyclic N) is 1. The van der Waals surface area contributed by atoms with Crippen molar-refractivity contribution >= 4 is 5.91 Å². The van der Waals surface area contributed by atoms with E-state index in [0.29, 0.717) is 19.6 Å². The zero-order valence-electron chi connectivity index (χ0n) is 14.5. The second-order valence-corrected chi connectivity index (χ2v) is 6.83. The molecule has 4 rings (SSSR count). The molecule has 1 aromatic carbocycles. The van der Waals surface area contributed by atoms with E-state index in [-0.39, 0.29) is 24.2 Å². The van der Waals surface area contributed by atoms with Gasteiger partial charge in [0.2, 0.25) is 5.82 Å². The second-order valence-electron chi connectivity index (χ2n) is 6.83. The van der Waals surface area contributed by atoms with Crippen LogP contribution in [0.4, 0.5) is 0 Å². The van der Waals surface area contributed by atoms with E-state index in [1.165, 1.54) is 12.4 Å². The van der Waals surface area contributed by atoms with Gasteiger partial charge in [-0.1, -0.05) is 12.1 Å². The van der Waals surface area contributed by atoms with Crippen molar-refractivity contribution in [2.24, 2.45) is 0 Å². The number of aliphatic hydroxyl groups is 1. The molecule has 3 atom stereocenters. The molecule has 0 aliphatic carbocycles. The lowest BCUT2D eigenvalue weighted by Crippen LogP contribution is -2.41. The summed E-state index contributed by atoms with van der Waals surface area (Å²) in [7, 11) is 1.64. The van der Waals surface area contributed by atoms with Crippen molar-refractivity contribution in [2.45, 2.75) is 24.0 Å². The van der Waals surface area contributed by atoms with Gasteiger partial charge in [0.1, 0.15) is 17.5 Å². The Kier molecular flexibility index (Phi) is 4.34. The first-order chi connectivity index (χ1) is 12.6. The maximum atomic E-state index is 12.6. The maximum Gasteiger partial charge on any atom is 0.291 e. The summed E-state index contributed by atoms with van der Waals surface area (Å²) in [4.78, 5) is 22.2. The molecule has 1 N–H and O–H groups in total. The standard InChI is InChI=1S/C19H21N3O4/c1-25-15-5-2-4-13(8-15)14-9-19(26-11-14)12-22(10-16(19)23)18(24)17-20-6-3-7-21-17/h2-8,14,16,23H,9-12H2,1H3/t14-,16+,19+/m0/s1. The fourth-order valence-corrected chi connectivity index (χ4v) is 3.83. The molecule has 0 radical (unpaired) electrons. The van der Waals surface area contributed by atoms with Crippen molar-refractivity contribution in [3.63, 3.8) is 0 Å². The Bertz CT molecular complexity index is 800. The van der Waals surface area contributed by atoms with Crippen molar-refractivity contribution < 1.29 is 19.4 Å². The highest BCUT2D eigenvalue weighted by Crippen LogP contribution is 2.43. The number of nitrogens with zero attached hydrogens (tertiary/aromatic N) is 3. The van der Waals surface area contributed by atoms with Crippen molar-refractivity contribution in [2.75, 3.05) is 26.8 Å². The van der Waals surface area contributed by atoms with Gasteiger partial charge in [0.15, 0.2) is 0 Å². The van der Waals surface area contributed by atoms with Gasteiger partial charge in [-0.05, 0) is 30.2 Å². The van der Waals surface area contributed by atoms with E-state index in [0.717, 1.165) is 11.3 Å². The molecule has 2 aliphatic heterocycles. The average molecular weight is 355 g/mol. The highest BCUT2D eigenvalue weighted by molar-refractivity contribution is 5.90. The fraction of sp³-hybridized carbons (Fsp3) is 0.421. The van der Waals surface area contributed by atoms with Crippen LogP contribution in [0, 0.1) is 0 Å². The minimum absolute atomic E-state index is 0.138. The molecule has 2 fully saturated rings. The van der Waals surface area contributed by atoms with Gasteiger partial charge in [0.05, 0.1) is 26.8 Å². The van der Waals surface area contributed by atoms with E-state index in [9.17, 15) is 9.90 Å². The molecular weight excluding hydrogens is 334 g/mol. The number of aromatic nitrogens is 2. The van der Waals surface area contributed by atoms with Crippen LogP contribution in [-0.4, -0.2) is 64.4 Å². The Morgan fingerprint density at radius 2 is 2.15 bits per heavy atom. The molecule has 2 aromatic rings. The van der Waals surface area contributed by atoms with Crippen molar-refractivity contribution in [1.82, 2.24) is 14.9 Å². The Labute approximate surface area is 151 Å². The third kappa shape index (κ3) is 2.93. The molecule has 0 saturated carbocycles. The van der Waals surface area contributed by atoms with Crippen LogP contribution in [0.2, 0.25) is 0 Å². The van der Waals surface area contributed by atoms with Gasteiger partial charge >= 0.3 is 0 Å². The highest BCUT2D eigenvalue weighted by atomic mass is 16.5. The van der Waals surface area contributed by atoms with Crippen LogP contribution < -0.4 is 4.74 Å². The SMILES string of the molecule is COc1cccc([C@@H]2CO[C@]3(C2)CN(C(=O)c2ncccn2)C[C@H]3O)c1. The summed E-state index contributed by atoms with van der Waals surface area (Å²) >= 11 is 0. The molecule has 7 nitrogen and oxygen atoms in total. The van der Waals surface area contributed by atoms with Crippen LogP contribution in [0.1, 0.15) is 28.5 Å². The number of aliphatic hydroxyl groups excluding tert-OH is 1. The number of ether oxygens (including phenoxy) is 2. The fourth-order valence-electron chi connectivity index (χ4n) is 3.83. The first kappa shape index (κ1) is 16.9. The normalized spacial score (nSPS) is 27.8. The van der Waals surface area contributed by atoms with Crippen LogP contribution in [0.5, 0.6) is 5.75 Å². The van der Waals surface area contributed by atoms with Gasteiger partial charge in [-0.15, -0.1) is 0 Å². The van der Waals surface area contributed by atoms with E-state index >= 15 is 0 Å². The lowest BCUT2D eigenvalue weighted by atomic mass is 9.87. The molecule has 136 valence electrons. The molecule has 1 spiro atoms. The average Bonchev–Trinajstić information content (AvgIpc) is 3.26. The number of amides is 1. The van der Waals surface area contributed by atoms with Gasteiger partial charge in [-0.25, -0.2) is 9.97 Å². The summed E-state index contributed by atoms with van der Waals surface area (Å²) in [6.45, 7) is 1.07. The van der Waals surface area contributed by atoms with Gasteiger partial charge in [-0.3, -0.25) is 4.79 Å². The summed E-state index contributed by atoms with van der Waals surface area (Å²) in [6, 6.07) is 9.55. The van der Waals surface area contributed by atoms with Crippen LogP contribution in [0.15, 0.2) is 42.7 Å². The predicted molar refractivity (Wildman–Crippen MR) is 93.0 cm³/mol. The number of carbonyl (C=O) groups is 1. The highest BCUT2D eigenvalue weighted by Gasteiger charge is 2.53. The van der Waals surface area contributed by atoms with E-state index in [1.807, 2.05) is 24.3 Å². The van der Waals surface area contributed by atoms with Crippen LogP contribution in [0.3, 0.4) is 0 Å². The zero-order chi connectivity index (χ0) is 18.1. The molecule has 0 unspecified atom stereocenters. The van der Waals surface area contributed by atoms with Gasteiger partial charge in [-0.2, -0.15) is 0 Å². The minimum Gasteiger partial charge on any atom is -0.497 e. The number of benzene rings is 1. The second kappa shape index (κ2) is 6.66. The molecular formula is C19H21N3O4.